The van der Waals surface area contributed by atoms with E-state index in [-0.39, 0.29) is 11.4 Å². The molecule has 0 bridgehead atoms. The Kier molecular flexibility index (Phi) is 2.02. The Balaban J connectivity index is 2.24. The van der Waals surface area contributed by atoms with Crippen LogP contribution in [0.2, 0.25) is 0 Å². The Bertz CT molecular complexity index is 323. The molecule has 0 radical (unpaired) electrons. The molecule has 1 aliphatic carbocycles. The summed E-state index contributed by atoms with van der Waals surface area (Å²) in [6.07, 6.45) is 6.11. The molecule has 2 rings (SSSR count). The Hall–Kier alpha value is -1.05. The third kappa shape index (κ3) is 1.13. The molecule has 1 saturated carbocycles. The van der Waals surface area contributed by atoms with Gasteiger partial charge in [-0.1, -0.05) is 11.6 Å². The third-order valence-electron chi connectivity index (χ3n) is 3.51. The van der Waals surface area contributed by atoms with E-state index in [1.807, 2.05) is 11.0 Å². The molecule has 2 nitrogen and oxygen atoms in total. The highest BCUT2D eigenvalue weighted by atomic mass is 16.2. The van der Waals surface area contributed by atoms with Crippen molar-refractivity contribution in [3.63, 3.8) is 0 Å². The van der Waals surface area contributed by atoms with Crippen LogP contribution in [0.15, 0.2) is 23.9 Å². The van der Waals surface area contributed by atoms with Gasteiger partial charge in [0.15, 0.2) is 0 Å². The van der Waals surface area contributed by atoms with Crippen LogP contribution in [0.1, 0.15) is 39.5 Å². The molecule has 1 heterocycles. The molecule has 0 aromatic carbocycles. The van der Waals surface area contributed by atoms with E-state index in [1.54, 1.807) is 0 Å². The van der Waals surface area contributed by atoms with Crippen LogP contribution >= 0.6 is 0 Å². The molecular formula is C12H17NO. The Morgan fingerprint density at radius 3 is 2.57 bits per heavy atom. The number of rotatable bonds is 2. The minimum absolute atomic E-state index is 0.121. The maximum absolute atomic E-state index is 11.5. The van der Waals surface area contributed by atoms with Gasteiger partial charge in [-0.15, -0.1) is 6.58 Å². The molecule has 0 N–H and O–H groups in total. The van der Waals surface area contributed by atoms with Crippen LogP contribution in [0, 0.1) is 0 Å². The fraction of sp³-hybridized carbons (Fsp3) is 0.583. The standard InChI is InChI=1S/C12H17NO/c1-4-12(3)8-11(14)13(12)9(2)10-6-5-7-10/h4H,1,5-8H2,2-3H3. The van der Waals surface area contributed by atoms with Crippen molar-refractivity contribution in [2.24, 2.45) is 0 Å². The summed E-state index contributed by atoms with van der Waals surface area (Å²) in [7, 11) is 0. The van der Waals surface area contributed by atoms with Gasteiger partial charge in [0, 0.05) is 5.70 Å². The quantitative estimate of drug-likeness (QED) is 0.485. The van der Waals surface area contributed by atoms with E-state index in [0.29, 0.717) is 6.42 Å². The van der Waals surface area contributed by atoms with Gasteiger partial charge in [0.05, 0.1) is 12.0 Å². The van der Waals surface area contributed by atoms with E-state index in [4.69, 9.17) is 0 Å². The lowest BCUT2D eigenvalue weighted by molar-refractivity contribution is -0.146. The van der Waals surface area contributed by atoms with Gasteiger partial charge in [0.2, 0.25) is 5.91 Å². The van der Waals surface area contributed by atoms with Crippen LogP contribution in [0.4, 0.5) is 0 Å². The van der Waals surface area contributed by atoms with Gasteiger partial charge in [-0.2, -0.15) is 0 Å². The predicted octanol–water partition coefficient (Wildman–Crippen LogP) is 2.62. The summed E-state index contributed by atoms with van der Waals surface area (Å²) >= 11 is 0. The first-order valence-electron chi connectivity index (χ1n) is 5.24. The Labute approximate surface area is 85.3 Å². The van der Waals surface area contributed by atoms with E-state index < -0.39 is 0 Å². The van der Waals surface area contributed by atoms with E-state index in [0.717, 1.165) is 0 Å². The molecule has 76 valence electrons. The van der Waals surface area contributed by atoms with Gasteiger partial charge in [-0.3, -0.25) is 4.79 Å². The largest absolute Gasteiger partial charge is 0.307 e. The zero-order chi connectivity index (χ0) is 10.3. The minimum atomic E-state index is -0.121. The van der Waals surface area contributed by atoms with Crippen molar-refractivity contribution in [3.8, 4) is 0 Å². The maximum Gasteiger partial charge on any atom is 0.230 e. The summed E-state index contributed by atoms with van der Waals surface area (Å²) in [4.78, 5) is 13.4. The van der Waals surface area contributed by atoms with Gasteiger partial charge >= 0.3 is 0 Å². The molecule has 0 aromatic heterocycles. The highest BCUT2D eigenvalue weighted by Gasteiger charge is 2.46. The number of amides is 1. The molecule has 2 fully saturated rings. The highest BCUT2D eigenvalue weighted by Crippen LogP contribution is 2.40. The first kappa shape index (κ1) is 9.50. The van der Waals surface area contributed by atoms with Crippen molar-refractivity contribution in [1.82, 2.24) is 4.90 Å². The van der Waals surface area contributed by atoms with Crippen molar-refractivity contribution in [3.05, 3.63) is 23.9 Å². The van der Waals surface area contributed by atoms with Gasteiger partial charge in [0.25, 0.3) is 0 Å². The van der Waals surface area contributed by atoms with Crippen LogP contribution in [0.3, 0.4) is 0 Å². The average Bonchev–Trinajstić information content (AvgIpc) is 1.99. The summed E-state index contributed by atoms with van der Waals surface area (Å²) in [6.45, 7) is 7.94. The molecule has 14 heavy (non-hydrogen) atoms. The summed E-state index contributed by atoms with van der Waals surface area (Å²) in [5, 5.41) is 0. The smallest absolute Gasteiger partial charge is 0.230 e. The lowest BCUT2D eigenvalue weighted by atomic mass is 9.82. The van der Waals surface area contributed by atoms with E-state index in [2.05, 4.69) is 20.4 Å². The second-order valence-electron chi connectivity index (χ2n) is 4.51. The van der Waals surface area contributed by atoms with Gasteiger partial charge in [-0.05, 0) is 33.1 Å². The van der Waals surface area contributed by atoms with Crippen LogP contribution in [-0.2, 0) is 4.79 Å². The summed E-state index contributed by atoms with van der Waals surface area (Å²) in [6, 6.07) is 0. The van der Waals surface area contributed by atoms with E-state index >= 15 is 0 Å². The zero-order valence-electron chi connectivity index (χ0n) is 8.97. The first-order valence-corrected chi connectivity index (χ1v) is 5.24. The molecular weight excluding hydrogens is 174 g/mol. The first-order chi connectivity index (χ1) is 6.58. The number of carbonyl (C=O) groups is 1. The zero-order valence-corrected chi connectivity index (χ0v) is 8.97. The SMILES string of the molecule is C=CC1(C)CC(=O)N1C(C)=C1CCC1. The molecule has 0 aromatic rings. The molecule has 2 aliphatic rings. The van der Waals surface area contributed by atoms with Crippen molar-refractivity contribution >= 4 is 5.91 Å². The van der Waals surface area contributed by atoms with Gasteiger partial charge in [0.1, 0.15) is 0 Å². The lowest BCUT2D eigenvalue weighted by Gasteiger charge is -2.49. The fourth-order valence-corrected chi connectivity index (χ4v) is 2.26. The third-order valence-corrected chi connectivity index (χ3v) is 3.51. The van der Waals surface area contributed by atoms with Crippen LogP contribution in [0.5, 0.6) is 0 Å². The molecule has 0 spiro atoms. The number of hydrogen-bond donors (Lipinski definition) is 0. The van der Waals surface area contributed by atoms with Crippen LogP contribution < -0.4 is 0 Å². The molecule has 1 saturated heterocycles. The number of hydrogen-bond acceptors (Lipinski definition) is 1. The molecule has 2 heteroatoms. The Morgan fingerprint density at radius 1 is 1.57 bits per heavy atom. The molecule has 1 amide bonds. The van der Waals surface area contributed by atoms with E-state index in [1.165, 1.54) is 30.5 Å². The highest BCUT2D eigenvalue weighted by molar-refractivity contribution is 5.87. The normalized spacial score (nSPS) is 30.9. The fourth-order valence-electron chi connectivity index (χ4n) is 2.26. The van der Waals surface area contributed by atoms with Crippen molar-refractivity contribution in [2.75, 3.05) is 0 Å². The maximum atomic E-state index is 11.5. The molecule has 1 unspecified atom stereocenters. The van der Waals surface area contributed by atoms with Crippen molar-refractivity contribution in [2.45, 2.75) is 45.1 Å². The van der Waals surface area contributed by atoms with Gasteiger partial charge < -0.3 is 4.90 Å². The second-order valence-corrected chi connectivity index (χ2v) is 4.51. The molecule has 1 atom stereocenters. The lowest BCUT2D eigenvalue weighted by Crippen LogP contribution is -2.59. The van der Waals surface area contributed by atoms with Gasteiger partial charge in [-0.25, -0.2) is 0 Å². The van der Waals surface area contributed by atoms with Crippen molar-refractivity contribution < 1.29 is 4.79 Å². The number of nitrogens with zero attached hydrogens (tertiary/aromatic N) is 1. The Morgan fingerprint density at radius 2 is 2.21 bits per heavy atom. The number of allylic oxidation sites excluding steroid dienone is 2. The summed E-state index contributed by atoms with van der Waals surface area (Å²) in [5.41, 5.74) is 2.50. The average molecular weight is 191 g/mol. The van der Waals surface area contributed by atoms with Crippen LogP contribution in [-0.4, -0.2) is 16.3 Å². The number of carbonyl (C=O) groups excluding carboxylic acids is 1. The predicted molar refractivity (Wildman–Crippen MR) is 56.6 cm³/mol. The topological polar surface area (TPSA) is 20.3 Å². The summed E-state index contributed by atoms with van der Waals surface area (Å²) in [5.74, 6) is 0.240. The van der Waals surface area contributed by atoms with Crippen molar-refractivity contribution in [1.29, 1.82) is 0 Å². The number of β-lactam (4-membered cyclic amide) rings is 1. The number of likely N-dealkylation sites (tertiary alicyclic amines) is 1. The van der Waals surface area contributed by atoms with Crippen LogP contribution in [0.25, 0.3) is 0 Å². The minimum Gasteiger partial charge on any atom is -0.307 e. The molecule has 1 aliphatic heterocycles. The summed E-state index contributed by atoms with van der Waals surface area (Å²) < 4.78 is 0. The monoisotopic (exact) mass is 191 g/mol. The van der Waals surface area contributed by atoms with E-state index in [9.17, 15) is 4.79 Å². The second kappa shape index (κ2) is 2.97.